The Morgan fingerprint density at radius 2 is 1.72 bits per heavy atom. The third kappa shape index (κ3) is 4.44. The Hall–Kier alpha value is -2.23. The van der Waals surface area contributed by atoms with Crippen molar-refractivity contribution in [1.29, 1.82) is 0 Å². The molecular formula is C14H12Cl2N4O4S. The first kappa shape index (κ1) is 19.1. The number of halogens is 2. The summed E-state index contributed by atoms with van der Waals surface area (Å²) in [6, 6.07) is 6.23. The molecule has 1 aromatic carbocycles. The van der Waals surface area contributed by atoms with Gasteiger partial charge in [0.25, 0.3) is 11.8 Å². The van der Waals surface area contributed by atoms with Gasteiger partial charge in [-0.25, -0.2) is 18.4 Å². The summed E-state index contributed by atoms with van der Waals surface area (Å²) in [6.45, 7) is 1.41. The van der Waals surface area contributed by atoms with Crippen LogP contribution in [0.5, 0.6) is 0 Å². The molecule has 11 heteroatoms. The molecule has 0 atom stereocenters. The molecule has 0 spiro atoms. The largest absolute Gasteiger partial charge is 0.290 e. The minimum absolute atomic E-state index is 0.146. The Balaban J connectivity index is 2.17. The highest BCUT2D eigenvalue weighted by Crippen LogP contribution is 2.16. The molecule has 0 saturated carbocycles. The van der Waals surface area contributed by atoms with Crippen LogP contribution >= 0.6 is 23.2 Å². The van der Waals surface area contributed by atoms with E-state index in [1.807, 2.05) is 0 Å². The van der Waals surface area contributed by atoms with Gasteiger partial charge in [-0.3, -0.25) is 20.4 Å². The smallest absolute Gasteiger partial charge is 0.267 e. The van der Waals surface area contributed by atoms with Gasteiger partial charge in [0.2, 0.25) is 15.0 Å². The van der Waals surface area contributed by atoms with Crippen molar-refractivity contribution in [3.05, 3.63) is 51.8 Å². The minimum Gasteiger partial charge on any atom is -0.267 e. The second kappa shape index (κ2) is 7.77. The zero-order valence-electron chi connectivity index (χ0n) is 12.8. The van der Waals surface area contributed by atoms with Crippen molar-refractivity contribution >= 4 is 44.9 Å². The second-order valence-electron chi connectivity index (χ2n) is 4.64. The fourth-order valence-corrected chi connectivity index (χ4v) is 2.77. The van der Waals surface area contributed by atoms with E-state index >= 15 is 0 Å². The van der Waals surface area contributed by atoms with E-state index in [0.717, 1.165) is 6.20 Å². The van der Waals surface area contributed by atoms with Gasteiger partial charge in [-0.15, -0.1) is 0 Å². The Kier molecular flexibility index (Phi) is 5.93. The average Bonchev–Trinajstić information content (AvgIpc) is 2.60. The van der Waals surface area contributed by atoms with Gasteiger partial charge >= 0.3 is 0 Å². The number of benzene rings is 1. The number of rotatable bonds is 4. The van der Waals surface area contributed by atoms with Crippen molar-refractivity contribution in [3.8, 4) is 0 Å². The molecule has 8 nitrogen and oxygen atoms in total. The molecule has 2 aromatic rings. The number of hydrogen-bond acceptors (Lipinski definition) is 6. The third-order valence-corrected chi connectivity index (χ3v) is 5.12. The standard InChI is InChI=1S/C14H12Cl2N4O4S/c1-2-25(23,24)14-17-7-10(16)11(18-14)13(22)20-19-12(21)8-5-3-4-6-9(8)15/h3-7H,2H2,1H3,(H,19,21)(H,20,22). The molecule has 0 aliphatic heterocycles. The summed E-state index contributed by atoms with van der Waals surface area (Å²) in [7, 11) is -3.72. The topological polar surface area (TPSA) is 118 Å². The summed E-state index contributed by atoms with van der Waals surface area (Å²) >= 11 is 11.7. The van der Waals surface area contributed by atoms with Crippen LogP contribution in [-0.4, -0.2) is 36.0 Å². The van der Waals surface area contributed by atoms with Crippen LogP contribution in [0.15, 0.2) is 35.6 Å². The molecule has 0 fully saturated rings. The molecule has 1 aromatic heterocycles. The van der Waals surface area contributed by atoms with Crippen LogP contribution < -0.4 is 10.9 Å². The number of carbonyl (C=O) groups excluding carboxylic acids is 2. The van der Waals surface area contributed by atoms with E-state index in [2.05, 4.69) is 20.8 Å². The summed E-state index contributed by atoms with van der Waals surface area (Å²) in [4.78, 5) is 31.4. The summed E-state index contributed by atoms with van der Waals surface area (Å²) < 4.78 is 23.6. The molecule has 2 rings (SSSR count). The maximum atomic E-state index is 12.1. The maximum absolute atomic E-state index is 12.1. The van der Waals surface area contributed by atoms with Gasteiger partial charge in [-0.1, -0.05) is 42.3 Å². The molecular weight excluding hydrogens is 391 g/mol. The molecule has 2 amide bonds. The fourth-order valence-electron chi connectivity index (χ4n) is 1.67. The van der Waals surface area contributed by atoms with Gasteiger partial charge in [-0.05, 0) is 12.1 Å². The van der Waals surface area contributed by atoms with Crippen molar-refractivity contribution in [3.63, 3.8) is 0 Å². The molecule has 25 heavy (non-hydrogen) atoms. The number of carbonyl (C=O) groups is 2. The molecule has 0 saturated heterocycles. The van der Waals surface area contributed by atoms with Crippen molar-refractivity contribution < 1.29 is 18.0 Å². The van der Waals surface area contributed by atoms with Crippen LogP contribution in [0.2, 0.25) is 10.0 Å². The van der Waals surface area contributed by atoms with Crippen molar-refractivity contribution in [2.24, 2.45) is 0 Å². The molecule has 1 heterocycles. The van der Waals surface area contributed by atoms with Crippen LogP contribution in [0.1, 0.15) is 27.8 Å². The normalized spacial score (nSPS) is 11.0. The minimum atomic E-state index is -3.72. The lowest BCUT2D eigenvalue weighted by molar-refractivity contribution is 0.0843. The predicted molar refractivity (Wildman–Crippen MR) is 91.2 cm³/mol. The van der Waals surface area contributed by atoms with Gasteiger partial charge in [0.05, 0.1) is 27.6 Å². The lowest BCUT2D eigenvalue weighted by Gasteiger charge is -2.09. The SMILES string of the molecule is CCS(=O)(=O)c1ncc(Cl)c(C(=O)NNC(=O)c2ccccc2Cl)n1. The zero-order chi connectivity index (χ0) is 18.6. The van der Waals surface area contributed by atoms with Crippen LogP contribution in [0, 0.1) is 0 Å². The predicted octanol–water partition coefficient (Wildman–Crippen LogP) is 1.65. The number of nitrogens with one attached hydrogen (secondary N) is 2. The fraction of sp³-hybridized carbons (Fsp3) is 0.143. The van der Waals surface area contributed by atoms with Gasteiger partial charge < -0.3 is 0 Å². The van der Waals surface area contributed by atoms with Crippen molar-refractivity contribution in [1.82, 2.24) is 20.8 Å². The first-order chi connectivity index (χ1) is 11.8. The molecule has 2 N–H and O–H groups in total. The van der Waals surface area contributed by atoms with Gasteiger partial charge in [-0.2, -0.15) is 0 Å². The first-order valence-corrected chi connectivity index (χ1v) is 9.27. The van der Waals surface area contributed by atoms with E-state index in [0.29, 0.717) is 0 Å². The summed E-state index contributed by atoms with van der Waals surface area (Å²) in [5.74, 6) is -1.80. The first-order valence-electron chi connectivity index (χ1n) is 6.86. The van der Waals surface area contributed by atoms with E-state index in [1.54, 1.807) is 12.1 Å². The van der Waals surface area contributed by atoms with E-state index < -0.39 is 26.8 Å². The Labute approximate surface area is 153 Å². The molecule has 0 aliphatic carbocycles. The van der Waals surface area contributed by atoms with E-state index in [9.17, 15) is 18.0 Å². The lowest BCUT2D eigenvalue weighted by atomic mass is 10.2. The molecule has 0 unspecified atom stereocenters. The highest BCUT2D eigenvalue weighted by molar-refractivity contribution is 7.91. The van der Waals surface area contributed by atoms with Crippen LogP contribution in [0.25, 0.3) is 0 Å². The van der Waals surface area contributed by atoms with Crippen LogP contribution in [0.3, 0.4) is 0 Å². The number of sulfone groups is 1. The summed E-state index contributed by atoms with van der Waals surface area (Å²) in [6.07, 6.45) is 1.00. The van der Waals surface area contributed by atoms with E-state index in [1.165, 1.54) is 19.1 Å². The Bertz CT molecular complexity index is 934. The van der Waals surface area contributed by atoms with E-state index in [-0.39, 0.29) is 27.1 Å². The van der Waals surface area contributed by atoms with Crippen molar-refractivity contribution in [2.75, 3.05) is 5.75 Å². The van der Waals surface area contributed by atoms with Crippen LogP contribution in [0.4, 0.5) is 0 Å². The molecule has 0 radical (unpaired) electrons. The van der Waals surface area contributed by atoms with Gasteiger partial charge in [0, 0.05) is 0 Å². The van der Waals surface area contributed by atoms with Crippen LogP contribution in [-0.2, 0) is 9.84 Å². The zero-order valence-corrected chi connectivity index (χ0v) is 15.1. The van der Waals surface area contributed by atoms with Gasteiger partial charge in [0.15, 0.2) is 5.69 Å². The van der Waals surface area contributed by atoms with Crippen molar-refractivity contribution in [2.45, 2.75) is 12.1 Å². The Morgan fingerprint density at radius 3 is 2.36 bits per heavy atom. The number of amides is 2. The Morgan fingerprint density at radius 1 is 1.08 bits per heavy atom. The number of hydrogen-bond donors (Lipinski definition) is 2. The summed E-state index contributed by atoms with van der Waals surface area (Å²) in [5.41, 5.74) is 4.00. The monoisotopic (exact) mass is 402 g/mol. The summed E-state index contributed by atoms with van der Waals surface area (Å²) in [5, 5.41) is -0.493. The highest BCUT2D eigenvalue weighted by atomic mass is 35.5. The number of aromatic nitrogens is 2. The molecule has 132 valence electrons. The average molecular weight is 403 g/mol. The quantitative estimate of drug-likeness (QED) is 0.592. The highest BCUT2D eigenvalue weighted by Gasteiger charge is 2.21. The maximum Gasteiger partial charge on any atom is 0.290 e. The number of nitrogens with zero attached hydrogens (tertiary/aromatic N) is 2. The number of hydrazine groups is 1. The lowest BCUT2D eigenvalue weighted by Crippen LogP contribution is -2.42. The van der Waals surface area contributed by atoms with Gasteiger partial charge in [0.1, 0.15) is 0 Å². The molecule has 0 bridgehead atoms. The van der Waals surface area contributed by atoms with E-state index in [4.69, 9.17) is 23.2 Å². The second-order valence-corrected chi connectivity index (χ2v) is 7.63. The third-order valence-electron chi connectivity index (χ3n) is 3.00. The molecule has 0 aliphatic rings.